The summed E-state index contributed by atoms with van der Waals surface area (Å²) < 4.78 is 0.646. The maximum absolute atomic E-state index is 10.7. The molecule has 0 amide bonds. The maximum Gasteiger partial charge on any atom is 0.287 e. The lowest BCUT2D eigenvalue weighted by Crippen LogP contribution is -1.87. The van der Waals surface area contributed by atoms with Crippen molar-refractivity contribution in [2.75, 3.05) is 0 Å². The summed E-state index contributed by atoms with van der Waals surface area (Å²) in [7, 11) is 0. The molecule has 0 saturated carbocycles. The van der Waals surface area contributed by atoms with E-state index < -0.39 is 4.92 Å². The van der Waals surface area contributed by atoms with Gasteiger partial charge in [-0.2, -0.15) is 5.26 Å². The molecule has 0 fully saturated rings. The van der Waals surface area contributed by atoms with E-state index in [-0.39, 0.29) is 5.69 Å². The van der Waals surface area contributed by atoms with Crippen molar-refractivity contribution in [3.8, 4) is 6.07 Å². The molecule has 2 aromatic rings. The molecule has 0 N–H and O–H groups in total. The number of rotatable bonds is 2. The average Bonchev–Trinajstić information content (AvgIpc) is 2.62. The predicted molar refractivity (Wildman–Crippen MR) is 57.8 cm³/mol. The quantitative estimate of drug-likeness (QED) is 0.575. The number of hydrogen-bond donors (Lipinski definition) is 0. The summed E-state index contributed by atoms with van der Waals surface area (Å²) in [5.41, 5.74) is 0.975. The second-order valence-electron chi connectivity index (χ2n) is 3.01. The van der Waals surface area contributed by atoms with Crippen LogP contribution in [0.15, 0.2) is 23.6 Å². The van der Waals surface area contributed by atoms with Crippen LogP contribution in [0.25, 0.3) is 10.1 Å². The van der Waals surface area contributed by atoms with Gasteiger partial charge in [-0.1, -0.05) is 12.1 Å². The first-order valence-corrected chi connectivity index (χ1v) is 5.12. The number of hydrogen-bond acceptors (Lipinski definition) is 4. The molecule has 0 bridgehead atoms. The molecule has 4 nitrogen and oxygen atoms in total. The first kappa shape index (κ1) is 9.62. The van der Waals surface area contributed by atoms with E-state index in [1.165, 1.54) is 17.4 Å². The molecule has 0 atom stereocenters. The minimum Gasteiger partial charge on any atom is -0.258 e. The Kier molecular flexibility index (Phi) is 2.35. The molecule has 5 heteroatoms. The average molecular weight is 218 g/mol. The van der Waals surface area contributed by atoms with E-state index in [1.807, 2.05) is 12.1 Å². The van der Waals surface area contributed by atoms with E-state index in [1.54, 1.807) is 11.4 Å². The van der Waals surface area contributed by atoms with E-state index in [2.05, 4.69) is 0 Å². The lowest BCUT2D eigenvalue weighted by molar-refractivity contribution is -0.382. The fourth-order valence-corrected chi connectivity index (χ4v) is 2.52. The fourth-order valence-electron chi connectivity index (χ4n) is 1.46. The van der Waals surface area contributed by atoms with Crippen LogP contribution >= 0.6 is 11.3 Å². The number of non-ortho nitro benzene ring substituents is 1. The number of benzene rings is 1. The Morgan fingerprint density at radius 2 is 2.33 bits per heavy atom. The molecule has 1 aromatic heterocycles. The molecule has 0 aliphatic heterocycles. The highest BCUT2D eigenvalue weighted by atomic mass is 32.1. The fraction of sp³-hybridized carbons (Fsp3) is 0.100. The first-order chi connectivity index (χ1) is 7.24. The van der Waals surface area contributed by atoms with Crippen molar-refractivity contribution in [1.82, 2.24) is 0 Å². The van der Waals surface area contributed by atoms with Crippen LogP contribution in [0.2, 0.25) is 0 Å². The van der Waals surface area contributed by atoms with E-state index in [4.69, 9.17) is 5.26 Å². The molecule has 1 heterocycles. The Bertz CT molecular complexity index is 568. The van der Waals surface area contributed by atoms with Crippen molar-refractivity contribution >= 4 is 27.1 Å². The Morgan fingerprint density at radius 1 is 1.53 bits per heavy atom. The van der Waals surface area contributed by atoms with E-state index in [0.29, 0.717) is 11.1 Å². The van der Waals surface area contributed by atoms with E-state index in [0.717, 1.165) is 10.9 Å². The highest BCUT2D eigenvalue weighted by Crippen LogP contribution is 2.33. The van der Waals surface area contributed by atoms with Gasteiger partial charge in [-0.15, -0.1) is 11.3 Å². The van der Waals surface area contributed by atoms with Crippen LogP contribution in [0.1, 0.15) is 5.56 Å². The monoisotopic (exact) mass is 218 g/mol. The van der Waals surface area contributed by atoms with Gasteiger partial charge in [0.15, 0.2) is 0 Å². The van der Waals surface area contributed by atoms with Crippen LogP contribution in [0, 0.1) is 21.4 Å². The van der Waals surface area contributed by atoms with Crippen LogP contribution in [-0.4, -0.2) is 4.92 Å². The summed E-state index contributed by atoms with van der Waals surface area (Å²) in [5.74, 6) is 0. The van der Waals surface area contributed by atoms with Gasteiger partial charge in [-0.3, -0.25) is 10.1 Å². The van der Waals surface area contributed by atoms with Crippen molar-refractivity contribution in [1.29, 1.82) is 5.26 Å². The Hall–Kier alpha value is -1.93. The third kappa shape index (κ3) is 1.55. The van der Waals surface area contributed by atoms with Crippen molar-refractivity contribution < 1.29 is 4.92 Å². The zero-order valence-electron chi connectivity index (χ0n) is 7.64. The normalized spacial score (nSPS) is 10.1. The Morgan fingerprint density at radius 3 is 3.00 bits per heavy atom. The Labute approximate surface area is 89.5 Å². The summed E-state index contributed by atoms with van der Waals surface area (Å²) in [5, 5.41) is 21.9. The molecule has 0 aliphatic rings. The molecule has 0 aliphatic carbocycles. The van der Waals surface area contributed by atoms with Gasteiger partial charge in [0.1, 0.15) is 4.70 Å². The number of fused-ring (bicyclic) bond motifs is 1. The van der Waals surface area contributed by atoms with Crippen molar-refractivity contribution in [3.05, 3.63) is 39.3 Å². The van der Waals surface area contributed by atoms with Gasteiger partial charge in [-0.05, 0) is 10.9 Å². The van der Waals surface area contributed by atoms with Crippen LogP contribution in [0.5, 0.6) is 0 Å². The number of nitriles is 1. The molecule has 0 saturated heterocycles. The van der Waals surface area contributed by atoms with Gasteiger partial charge in [0.25, 0.3) is 5.69 Å². The first-order valence-electron chi connectivity index (χ1n) is 4.24. The number of thiophene rings is 1. The number of nitro benzene ring substituents is 1. The van der Waals surface area contributed by atoms with Gasteiger partial charge in [0.05, 0.1) is 17.4 Å². The Balaban J connectivity index is 2.70. The minimum absolute atomic E-state index is 0.113. The second-order valence-corrected chi connectivity index (χ2v) is 3.89. The predicted octanol–water partition coefficient (Wildman–Crippen LogP) is 2.88. The molecular weight excluding hydrogens is 212 g/mol. The summed E-state index contributed by atoms with van der Waals surface area (Å²) >= 11 is 1.32. The topological polar surface area (TPSA) is 66.9 Å². The van der Waals surface area contributed by atoms with Crippen LogP contribution in [-0.2, 0) is 6.42 Å². The molecule has 0 unspecified atom stereocenters. The van der Waals surface area contributed by atoms with Crippen LogP contribution in [0.3, 0.4) is 0 Å². The summed E-state index contributed by atoms with van der Waals surface area (Å²) in [6, 6.07) is 6.99. The zero-order chi connectivity index (χ0) is 10.8. The third-order valence-electron chi connectivity index (χ3n) is 2.13. The summed E-state index contributed by atoms with van der Waals surface area (Å²) in [4.78, 5) is 10.3. The lowest BCUT2D eigenvalue weighted by Gasteiger charge is -1.94. The molecule has 15 heavy (non-hydrogen) atoms. The lowest BCUT2D eigenvalue weighted by atomic mass is 10.1. The smallest absolute Gasteiger partial charge is 0.258 e. The highest BCUT2D eigenvalue weighted by molar-refractivity contribution is 7.18. The summed E-state index contributed by atoms with van der Waals surface area (Å²) in [6.07, 6.45) is 0.293. The van der Waals surface area contributed by atoms with Crippen LogP contribution in [0.4, 0.5) is 5.69 Å². The number of nitro groups is 1. The van der Waals surface area contributed by atoms with Gasteiger partial charge >= 0.3 is 0 Å². The minimum atomic E-state index is -0.394. The van der Waals surface area contributed by atoms with Gasteiger partial charge < -0.3 is 0 Å². The molecule has 0 spiro atoms. The standard InChI is InChI=1S/C10H6N2O2S/c11-5-4-7-6-15-10-8(7)2-1-3-9(10)12(13)14/h1-3,6H,4H2. The van der Waals surface area contributed by atoms with Crippen molar-refractivity contribution in [3.63, 3.8) is 0 Å². The molecular formula is C10H6N2O2S. The van der Waals surface area contributed by atoms with Gasteiger partial charge in [0, 0.05) is 11.5 Å². The van der Waals surface area contributed by atoms with Crippen molar-refractivity contribution in [2.45, 2.75) is 6.42 Å². The van der Waals surface area contributed by atoms with E-state index >= 15 is 0 Å². The molecule has 0 radical (unpaired) electrons. The molecule has 1 aromatic carbocycles. The largest absolute Gasteiger partial charge is 0.287 e. The van der Waals surface area contributed by atoms with Crippen LogP contribution < -0.4 is 0 Å². The SMILES string of the molecule is N#CCc1csc2c([N+](=O)[O-])cccc12. The third-order valence-corrected chi connectivity index (χ3v) is 3.19. The van der Waals surface area contributed by atoms with Gasteiger partial charge in [-0.25, -0.2) is 0 Å². The molecule has 74 valence electrons. The van der Waals surface area contributed by atoms with Gasteiger partial charge in [0.2, 0.25) is 0 Å². The van der Waals surface area contributed by atoms with Crippen molar-refractivity contribution in [2.24, 2.45) is 0 Å². The highest BCUT2D eigenvalue weighted by Gasteiger charge is 2.14. The number of nitrogens with zero attached hydrogens (tertiary/aromatic N) is 2. The van der Waals surface area contributed by atoms with E-state index in [9.17, 15) is 10.1 Å². The maximum atomic E-state index is 10.7. The second kappa shape index (κ2) is 3.67. The molecule has 2 rings (SSSR count). The zero-order valence-corrected chi connectivity index (χ0v) is 8.45. The summed E-state index contributed by atoms with van der Waals surface area (Å²) in [6.45, 7) is 0.